The lowest BCUT2D eigenvalue weighted by Crippen LogP contribution is -2.18. The summed E-state index contributed by atoms with van der Waals surface area (Å²) < 4.78 is 27.8. The van der Waals surface area contributed by atoms with Crippen LogP contribution in [0, 0.1) is 0 Å². The van der Waals surface area contributed by atoms with Crippen LogP contribution < -0.4 is 14.8 Å². The van der Waals surface area contributed by atoms with Gasteiger partial charge in [0, 0.05) is 36.3 Å². The Hall–Kier alpha value is -1.28. The fraction of sp³-hybridized carbons (Fsp3) is 0.375. The second-order valence-electron chi connectivity index (χ2n) is 5.45. The third kappa shape index (κ3) is 4.38. The quantitative estimate of drug-likeness (QED) is 0.563. The Morgan fingerprint density at radius 1 is 1.09 bits per heavy atom. The van der Waals surface area contributed by atoms with Crippen LogP contribution in [0.5, 0.6) is 0 Å². The number of unbranched alkanes of at least 4 members (excludes halogenated alkanes) is 1. The number of anilines is 1. The Morgan fingerprint density at radius 3 is 2.48 bits per heavy atom. The fourth-order valence-electron chi connectivity index (χ4n) is 2.37. The molecular formula is C16H23N3O2S2. The highest BCUT2D eigenvalue weighted by Crippen LogP contribution is 2.30. The van der Waals surface area contributed by atoms with Gasteiger partial charge in [-0.25, -0.2) is 8.42 Å². The van der Waals surface area contributed by atoms with Crippen molar-refractivity contribution in [3.05, 3.63) is 36.4 Å². The van der Waals surface area contributed by atoms with Crippen molar-refractivity contribution < 1.29 is 8.42 Å². The van der Waals surface area contributed by atoms with Crippen molar-refractivity contribution in [2.24, 2.45) is 5.73 Å². The van der Waals surface area contributed by atoms with Gasteiger partial charge >= 0.3 is 0 Å². The molecule has 0 aliphatic heterocycles. The van der Waals surface area contributed by atoms with Crippen LogP contribution in [0.4, 0.5) is 5.69 Å². The molecule has 0 aliphatic rings. The zero-order valence-corrected chi connectivity index (χ0v) is 15.1. The van der Waals surface area contributed by atoms with E-state index in [0.717, 1.165) is 29.3 Å². The van der Waals surface area contributed by atoms with Crippen LogP contribution in [-0.4, -0.2) is 34.8 Å². The minimum absolute atomic E-state index is 0.310. The highest BCUT2D eigenvalue weighted by Gasteiger charge is 2.18. The lowest BCUT2D eigenvalue weighted by atomic mass is 10.1. The second kappa shape index (κ2) is 8.01. The van der Waals surface area contributed by atoms with Gasteiger partial charge in [-0.05, 0) is 31.5 Å². The molecule has 0 aliphatic carbocycles. The number of rotatable bonds is 8. The number of hydrogen-bond donors (Lipinski definition) is 2. The molecule has 3 N–H and O–H groups in total. The molecule has 0 heterocycles. The topological polar surface area (TPSA) is 75.4 Å². The predicted octanol–water partition coefficient (Wildman–Crippen LogP) is 2.57. The standard InChI is InChI=1S/C16H23N3O2S2/c1-19(2)15-9-5-8-14-13(15)7-6-10-16(14)23(20,21)18-22-12-4-3-11-17/h5-10,18H,3-4,11-12,17H2,1-2H3. The molecule has 126 valence electrons. The third-order valence-corrected chi connectivity index (χ3v) is 6.28. The first-order valence-electron chi connectivity index (χ1n) is 7.50. The Bertz CT molecular complexity index is 761. The van der Waals surface area contributed by atoms with Crippen molar-refractivity contribution in [3.8, 4) is 0 Å². The largest absolute Gasteiger partial charge is 0.377 e. The zero-order chi connectivity index (χ0) is 16.9. The molecule has 0 fully saturated rings. The molecule has 0 unspecified atom stereocenters. The zero-order valence-electron chi connectivity index (χ0n) is 13.5. The van der Waals surface area contributed by atoms with Crippen LogP contribution >= 0.6 is 11.9 Å². The van der Waals surface area contributed by atoms with E-state index in [4.69, 9.17) is 5.73 Å². The lowest BCUT2D eigenvalue weighted by molar-refractivity contribution is 0.595. The van der Waals surface area contributed by atoms with Crippen LogP contribution in [-0.2, 0) is 10.0 Å². The van der Waals surface area contributed by atoms with Crippen molar-refractivity contribution in [2.45, 2.75) is 17.7 Å². The first kappa shape index (κ1) is 18.1. The van der Waals surface area contributed by atoms with E-state index in [0.29, 0.717) is 17.2 Å². The number of benzene rings is 2. The van der Waals surface area contributed by atoms with Gasteiger partial charge in [0.15, 0.2) is 0 Å². The molecule has 2 rings (SSSR count). The molecule has 0 amide bonds. The Labute approximate surface area is 142 Å². The number of nitrogens with one attached hydrogen (secondary N) is 1. The minimum Gasteiger partial charge on any atom is -0.377 e. The molecule has 2 aromatic rings. The maximum atomic E-state index is 12.6. The van der Waals surface area contributed by atoms with E-state index in [1.54, 1.807) is 12.1 Å². The minimum atomic E-state index is -3.55. The molecule has 2 aromatic carbocycles. The first-order chi connectivity index (χ1) is 11.0. The van der Waals surface area contributed by atoms with E-state index in [-0.39, 0.29) is 0 Å². The van der Waals surface area contributed by atoms with E-state index < -0.39 is 10.0 Å². The molecule has 0 atom stereocenters. The summed E-state index contributed by atoms with van der Waals surface area (Å²) in [7, 11) is 0.339. The molecule has 0 saturated carbocycles. The number of fused-ring (bicyclic) bond motifs is 1. The number of sulfonamides is 1. The summed E-state index contributed by atoms with van der Waals surface area (Å²) in [5.41, 5.74) is 6.43. The predicted molar refractivity (Wildman–Crippen MR) is 99.3 cm³/mol. The lowest BCUT2D eigenvalue weighted by Gasteiger charge is -2.17. The van der Waals surface area contributed by atoms with Crippen LogP contribution in [0.3, 0.4) is 0 Å². The van der Waals surface area contributed by atoms with Gasteiger partial charge in [-0.3, -0.25) is 0 Å². The second-order valence-corrected chi connectivity index (χ2v) is 8.26. The molecule has 7 heteroatoms. The van der Waals surface area contributed by atoms with E-state index in [1.807, 2.05) is 43.3 Å². The third-order valence-electron chi connectivity index (χ3n) is 3.50. The van der Waals surface area contributed by atoms with Gasteiger partial charge in [0.2, 0.25) is 10.0 Å². The Kier molecular flexibility index (Phi) is 6.29. The number of hydrogen-bond acceptors (Lipinski definition) is 5. The van der Waals surface area contributed by atoms with Gasteiger partial charge in [0.1, 0.15) is 0 Å². The van der Waals surface area contributed by atoms with Crippen molar-refractivity contribution in [2.75, 3.05) is 31.3 Å². The van der Waals surface area contributed by atoms with Gasteiger partial charge in [-0.2, -0.15) is 4.13 Å². The summed E-state index contributed by atoms with van der Waals surface area (Å²) in [6, 6.07) is 11.1. The molecule has 0 spiro atoms. The summed E-state index contributed by atoms with van der Waals surface area (Å²) >= 11 is 1.21. The molecule has 0 saturated heterocycles. The van der Waals surface area contributed by atoms with Crippen LogP contribution in [0.15, 0.2) is 41.3 Å². The molecule has 0 bridgehead atoms. The highest BCUT2D eigenvalue weighted by atomic mass is 32.3. The molecular weight excluding hydrogens is 330 g/mol. The maximum absolute atomic E-state index is 12.6. The molecule has 0 aromatic heterocycles. The van der Waals surface area contributed by atoms with Gasteiger partial charge in [-0.15, -0.1) is 0 Å². The van der Waals surface area contributed by atoms with Gasteiger partial charge in [-0.1, -0.05) is 36.2 Å². The highest BCUT2D eigenvalue weighted by molar-refractivity contribution is 8.09. The van der Waals surface area contributed by atoms with Crippen molar-refractivity contribution in [3.63, 3.8) is 0 Å². The van der Waals surface area contributed by atoms with Gasteiger partial charge in [0.25, 0.3) is 0 Å². The SMILES string of the molecule is CN(C)c1cccc2c(S(=O)(=O)NSCCCCN)cccc12. The average molecular weight is 354 g/mol. The van der Waals surface area contributed by atoms with Gasteiger partial charge < -0.3 is 10.6 Å². The van der Waals surface area contributed by atoms with Crippen molar-refractivity contribution in [1.82, 2.24) is 4.13 Å². The summed E-state index contributed by atoms with van der Waals surface area (Å²) in [6.07, 6.45) is 1.79. The van der Waals surface area contributed by atoms with Gasteiger partial charge in [0.05, 0.1) is 4.90 Å². The van der Waals surface area contributed by atoms with Crippen LogP contribution in [0.1, 0.15) is 12.8 Å². The summed E-state index contributed by atoms with van der Waals surface area (Å²) in [5.74, 6) is 0.712. The van der Waals surface area contributed by atoms with Crippen LogP contribution in [0.25, 0.3) is 10.8 Å². The fourth-order valence-corrected chi connectivity index (χ4v) is 4.76. The van der Waals surface area contributed by atoms with Crippen molar-refractivity contribution in [1.29, 1.82) is 0 Å². The molecule has 5 nitrogen and oxygen atoms in total. The summed E-state index contributed by atoms with van der Waals surface area (Å²) in [4.78, 5) is 2.29. The van der Waals surface area contributed by atoms with E-state index in [2.05, 4.69) is 4.13 Å². The average Bonchev–Trinajstić information content (AvgIpc) is 2.53. The molecule has 0 radical (unpaired) electrons. The Morgan fingerprint density at radius 2 is 1.78 bits per heavy atom. The van der Waals surface area contributed by atoms with E-state index >= 15 is 0 Å². The van der Waals surface area contributed by atoms with E-state index in [1.165, 1.54) is 11.9 Å². The first-order valence-corrected chi connectivity index (χ1v) is 9.97. The normalized spacial score (nSPS) is 11.8. The summed E-state index contributed by atoms with van der Waals surface area (Å²) in [6.45, 7) is 0.629. The number of nitrogens with two attached hydrogens (primary N) is 1. The smallest absolute Gasteiger partial charge is 0.250 e. The summed E-state index contributed by atoms with van der Waals surface area (Å²) in [5, 5.41) is 1.65. The number of nitrogens with zero attached hydrogens (tertiary/aromatic N) is 1. The maximum Gasteiger partial charge on any atom is 0.250 e. The van der Waals surface area contributed by atoms with Crippen molar-refractivity contribution >= 4 is 38.4 Å². The molecule has 23 heavy (non-hydrogen) atoms. The van der Waals surface area contributed by atoms with E-state index in [9.17, 15) is 8.42 Å². The monoisotopic (exact) mass is 353 g/mol. The Balaban J connectivity index is 2.30. The van der Waals surface area contributed by atoms with Crippen LogP contribution in [0.2, 0.25) is 0 Å².